The normalized spacial score (nSPS) is 19.3. The lowest BCUT2D eigenvalue weighted by molar-refractivity contribution is 0.314. The minimum absolute atomic E-state index is 0.117. The van der Waals surface area contributed by atoms with E-state index in [1.807, 2.05) is 50.2 Å². The summed E-state index contributed by atoms with van der Waals surface area (Å²) in [5.74, 6) is 1.99. The molecule has 1 aliphatic heterocycles. The average molecular weight is 392 g/mol. The number of hydrogen-bond acceptors (Lipinski definition) is 5. The number of aliphatic hydroxyl groups is 1. The summed E-state index contributed by atoms with van der Waals surface area (Å²) in [6.45, 7) is 3.90. The number of methoxy groups -OCH3 is 2. The molecule has 0 fully saturated rings. The highest BCUT2D eigenvalue weighted by atomic mass is 16.5. The zero-order valence-corrected chi connectivity index (χ0v) is 16.9. The molecule has 2 heterocycles. The van der Waals surface area contributed by atoms with Gasteiger partial charge in [0.25, 0.3) is 0 Å². The zero-order chi connectivity index (χ0) is 20.8. The van der Waals surface area contributed by atoms with Crippen LogP contribution in [0.15, 0.2) is 48.2 Å². The minimum Gasteiger partial charge on any atom is -0.509 e. The van der Waals surface area contributed by atoms with Crippen LogP contribution in [0.25, 0.3) is 16.6 Å². The molecule has 3 aromatic rings. The molecule has 3 N–H and O–H groups in total. The van der Waals surface area contributed by atoms with Gasteiger partial charge < -0.3 is 24.5 Å². The summed E-state index contributed by atoms with van der Waals surface area (Å²) >= 11 is 0. The van der Waals surface area contributed by atoms with Crippen LogP contribution in [0.1, 0.15) is 26.1 Å². The lowest BCUT2D eigenvalue weighted by Crippen LogP contribution is -2.45. The number of aromatic amines is 1. The Hall–Kier alpha value is -3.48. The van der Waals surface area contributed by atoms with Gasteiger partial charge in [-0.25, -0.2) is 4.98 Å². The van der Waals surface area contributed by atoms with Crippen LogP contribution in [0.2, 0.25) is 0 Å². The number of H-pyrrole nitrogens is 1. The third kappa shape index (κ3) is 2.81. The molecule has 0 saturated heterocycles. The van der Waals surface area contributed by atoms with Crippen molar-refractivity contribution in [3.05, 3.63) is 54.0 Å². The van der Waals surface area contributed by atoms with E-state index in [1.54, 1.807) is 25.2 Å². The van der Waals surface area contributed by atoms with Crippen molar-refractivity contribution in [2.24, 2.45) is 0 Å². The Morgan fingerprint density at radius 1 is 1.14 bits per heavy atom. The molecule has 0 unspecified atom stereocenters. The van der Waals surface area contributed by atoms with E-state index >= 15 is 0 Å². The molecule has 1 atom stereocenters. The molecule has 7 heteroatoms. The third-order valence-electron chi connectivity index (χ3n) is 5.61. The lowest BCUT2D eigenvalue weighted by atomic mass is 9.95. The van der Waals surface area contributed by atoms with Crippen molar-refractivity contribution in [1.29, 1.82) is 5.41 Å². The van der Waals surface area contributed by atoms with Gasteiger partial charge in [0.1, 0.15) is 34.5 Å². The molecule has 0 radical (unpaired) electrons. The molecule has 0 aliphatic carbocycles. The van der Waals surface area contributed by atoms with Gasteiger partial charge in [-0.2, -0.15) is 0 Å². The Bertz CT molecular complexity index is 1080. The summed E-state index contributed by atoms with van der Waals surface area (Å²) in [6, 6.07) is 13.1. The van der Waals surface area contributed by atoms with Gasteiger partial charge >= 0.3 is 0 Å². The fourth-order valence-corrected chi connectivity index (χ4v) is 3.80. The Morgan fingerprint density at radius 3 is 2.38 bits per heavy atom. The lowest BCUT2D eigenvalue weighted by Gasteiger charge is -2.36. The molecule has 0 amide bonds. The second-order valence-corrected chi connectivity index (χ2v) is 7.21. The van der Waals surface area contributed by atoms with Gasteiger partial charge in [-0.05, 0) is 25.5 Å². The molecule has 2 aromatic carbocycles. The van der Waals surface area contributed by atoms with Crippen molar-refractivity contribution in [3.8, 4) is 11.5 Å². The van der Waals surface area contributed by atoms with Gasteiger partial charge in [0.2, 0.25) is 0 Å². The van der Waals surface area contributed by atoms with Gasteiger partial charge in [-0.1, -0.05) is 19.1 Å². The number of para-hydroxylation sites is 2. The van der Waals surface area contributed by atoms with Crippen molar-refractivity contribution < 1.29 is 14.6 Å². The predicted molar refractivity (Wildman–Crippen MR) is 114 cm³/mol. The smallest absolute Gasteiger partial charge is 0.145 e. The van der Waals surface area contributed by atoms with Gasteiger partial charge in [-0.15, -0.1) is 0 Å². The van der Waals surface area contributed by atoms with Crippen LogP contribution < -0.4 is 14.4 Å². The number of amidine groups is 1. The molecule has 1 aromatic heterocycles. The van der Waals surface area contributed by atoms with Gasteiger partial charge in [0.05, 0.1) is 36.5 Å². The molecule has 1 aliphatic rings. The van der Waals surface area contributed by atoms with Crippen molar-refractivity contribution in [2.45, 2.75) is 25.8 Å². The monoisotopic (exact) mass is 392 g/mol. The first kappa shape index (κ1) is 18.9. The summed E-state index contributed by atoms with van der Waals surface area (Å²) in [7, 11) is 3.17. The van der Waals surface area contributed by atoms with Crippen LogP contribution >= 0.6 is 0 Å². The quantitative estimate of drug-likeness (QED) is 0.594. The summed E-state index contributed by atoms with van der Waals surface area (Å²) in [4.78, 5) is 9.63. The first-order chi connectivity index (χ1) is 13.9. The molecule has 150 valence electrons. The third-order valence-corrected chi connectivity index (χ3v) is 5.61. The molecule has 0 saturated carbocycles. The van der Waals surface area contributed by atoms with Crippen LogP contribution in [0.3, 0.4) is 0 Å². The van der Waals surface area contributed by atoms with E-state index in [0.29, 0.717) is 35.0 Å². The second-order valence-electron chi connectivity index (χ2n) is 7.21. The van der Waals surface area contributed by atoms with Crippen LogP contribution in [0.4, 0.5) is 5.69 Å². The predicted octanol–water partition coefficient (Wildman–Crippen LogP) is 4.52. The van der Waals surface area contributed by atoms with Gasteiger partial charge in [0.15, 0.2) is 0 Å². The van der Waals surface area contributed by atoms with Gasteiger partial charge in [0, 0.05) is 18.2 Å². The number of fused-ring (bicyclic) bond motifs is 1. The average Bonchev–Trinajstić information content (AvgIpc) is 3.24. The molecular weight excluding hydrogens is 368 g/mol. The van der Waals surface area contributed by atoms with E-state index in [9.17, 15) is 5.11 Å². The van der Waals surface area contributed by atoms with E-state index < -0.39 is 5.54 Å². The van der Waals surface area contributed by atoms with Crippen LogP contribution in [-0.4, -0.2) is 40.7 Å². The first-order valence-corrected chi connectivity index (χ1v) is 9.44. The molecule has 7 nitrogen and oxygen atoms in total. The number of hydrogen-bond donors (Lipinski definition) is 3. The molecular formula is C22H24N4O3. The topological polar surface area (TPSA) is 94.5 Å². The van der Waals surface area contributed by atoms with E-state index in [1.165, 1.54) is 0 Å². The van der Waals surface area contributed by atoms with E-state index in [4.69, 9.17) is 14.9 Å². The Labute approximate surface area is 169 Å². The summed E-state index contributed by atoms with van der Waals surface area (Å²) in [5.41, 5.74) is 1.94. The summed E-state index contributed by atoms with van der Waals surface area (Å²) in [5, 5.41) is 20.1. The van der Waals surface area contributed by atoms with Crippen LogP contribution in [0, 0.1) is 5.41 Å². The fraction of sp³-hybridized carbons (Fsp3) is 0.273. The number of imidazole rings is 1. The molecule has 0 bridgehead atoms. The highest BCUT2D eigenvalue weighted by Gasteiger charge is 2.48. The van der Waals surface area contributed by atoms with Gasteiger partial charge in [-0.3, -0.25) is 5.41 Å². The number of aliphatic hydroxyl groups excluding tert-OH is 1. The summed E-state index contributed by atoms with van der Waals surface area (Å²) < 4.78 is 10.8. The maximum absolute atomic E-state index is 11.2. The number of aromatic nitrogens is 2. The highest BCUT2D eigenvalue weighted by Crippen LogP contribution is 2.45. The standard InChI is InChI=1S/C22H24N4O3/c1-5-22(2)19(27)18(21-24-16-8-6-7-9-17(16)25-21)20(23)26(22)13-10-14(28-3)12-15(11-13)29-4/h6-12,23,27H,5H2,1-4H3,(H,24,25)/t22-/m0/s1. The van der Waals surface area contributed by atoms with Crippen molar-refractivity contribution in [3.63, 3.8) is 0 Å². The Morgan fingerprint density at radius 2 is 1.79 bits per heavy atom. The zero-order valence-electron chi connectivity index (χ0n) is 16.9. The fourth-order valence-electron chi connectivity index (χ4n) is 3.80. The van der Waals surface area contributed by atoms with E-state index in [2.05, 4.69) is 9.97 Å². The SMILES string of the molecule is CC[C@@]1(C)C(O)=C(c2nc3ccccc3[nH]2)C(=N)N1c1cc(OC)cc(OC)c1. The van der Waals surface area contributed by atoms with E-state index in [0.717, 1.165) is 11.0 Å². The van der Waals surface area contributed by atoms with Crippen LogP contribution in [0.5, 0.6) is 11.5 Å². The number of ether oxygens (including phenoxy) is 2. The minimum atomic E-state index is -0.803. The Kier molecular flexibility index (Phi) is 4.45. The van der Waals surface area contributed by atoms with Crippen molar-refractivity contribution in [2.75, 3.05) is 19.1 Å². The van der Waals surface area contributed by atoms with Crippen molar-refractivity contribution in [1.82, 2.24) is 9.97 Å². The largest absolute Gasteiger partial charge is 0.509 e. The number of benzene rings is 2. The molecule has 29 heavy (non-hydrogen) atoms. The number of anilines is 1. The maximum Gasteiger partial charge on any atom is 0.145 e. The summed E-state index contributed by atoms with van der Waals surface area (Å²) in [6.07, 6.45) is 0.588. The van der Waals surface area contributed by atoms with Crippen LogP contribution in [-0.2, 0) is 0 Å². The number of rotatable bonds is 5. The Balaban J connectivity index is 1.87. The first-order valence-electron chi connectivity index (χ1n) is 9.44. The molecule has 0 spiro atoms. The highest BCUT2D eigenvalue weighted by molar-refractivity contribution is 6.31. The maximum atomic E-state index is 11.2. The second kappa shape index (κ2) is 6.84. The van der Waals surface area contributed by atoms with Crippen molar-refractivity contribution >= 4 is 28.1 Å². The van der Waals surface area contributed by atoms with E-state index in [-0.39, 0.29) is 11.6 Å². The molecule has 4 rings (SSSR count). The number of nitrogens with one attached hydrogen (secondary N) is 2. The number of nitrogens with zero attached hydrogens (tertiary/aromatic N) is 2.